The maximum Gasteiger partial charge on any atom is 0.257 e. The van der Waals surface area contributed by atoms with Gasteiger partial charge in [-0.2, -0.15) is 0 Å². The van der Waals surface area contributed by atoms with Crippen molar-refractivity contribution in [1.29, 1.82) is 0 Å². The summed E-state index contributed by atoms with van der Waals surface area (Å²) in [6.07, 6.45) is 0.629. The highest BCUT2D eigenvalue weighted by atomic mass is 79.9. The number of fused-ring (bicyclic) bond motifs is 1. The summed E-state index contributed by atoms with van der Waals surface area (Å²) in [6.45, 7) is 0.432. The molecule has 7 heteroatoms. The molecule has 0 aliphatic carbocycles. The average Bonchev–Trinajstić information content (AvgIpc) is 2.98. The Morgan fingerprint density at radius 3 is 2.92 bits per heavy atom. The second kappa shape index (κ2) is 7.68. The van der Waals surface area contributed by atoms with E-state index >= 15 is 0 Å². The van der Waals surface area contributed by atoms with Crippen molar-refractivity contribution < 1.29 is 9.53 Å². The lowest BCUT2D eigenvalue weighted by Crippen LogP contribution is -2.30. The Labute approximate surface area is 152 Å². The van der Waals surface area contributed by atoms with Gasteiger partial charge in [0.25, 0.3) is 5.91 Å². The molecule has 0 aliphatic heterocycles. The summed E-state index contributed by atoms with van der Waals surface area (Å²) in [5, 5.41) is 3.35. The van der Waals surface area contributed by atoms with Gasteiger partial charge in [-0.15, -0.1) is 0 Å². The lowest BCUT2D eigenvalue weighted by atomic mass is 10.3. The molecule has 0 atom stereocenters. The van der Waals surface area contributed by atoms with Crippen LogP contribution in [-0.2, 0) is 11.2 Å². The van der Waals surface area contributed by atoms with Gasteiger partial charge in [-0.05, 0) is 46.3 Å². The monoisotopic (exact) mass is 407 g/mol. The minimum absolute atomic E-state index is 0.0574. The highest BCUT2D eigenvalue weighted by Crippen LogP contribution is 2.26. The number of nitrogens with one attached hydrogen (secondary N) is 2. The lowest BCUT2D eigenvalue weighted by Gasteiger charge is -2.07. The van der Waals surface area contributed by atoms with E-state index in [1.807, 2.05) is 24.3 Å². The van der Waals surface area contributed by atoms with Crippen molar-refractivity contribution in [1.82, 2.24) is 15.3 Å². The molecule has 1 aromatic heterocycles. The average molecular weight is 409 g/mol. The van der Waals surface area contributed by atoms with Gasteiger partial charge in [0.1, 0.15) is 11.6 Å². The summed E-state index contributed by atoms with van der Waals surface area (Å²) in [6, 6.07) is 13.0. The van der Waals surface area contributed by atoms with Crippen molar-refractivity contribution in [2.45, 2.75) is 6.42 Å². The maximum atomic E-state index is 11.8. The van der Waals surface area contributed by atoms with E-state index in [0.29, 0.717) is 23.7 Å². The second-order valence-electron chi connectivity index (χ2n) is 5.17. The highest BCUT2D eigenvalue weighted by Gasteiger charge is 2.06. The molecule has 3 aromatic rings. The molecule has 0 radical (unpaired) electrons. The number of H-pyrrole nitrogens is 1. The molecule has 1 heterocycles. The first kappa shape index (κ1) is 16.8. The van der Waals surface area contributed by atoms with Crippen LogP contribution in [0.15, 0.2) is 46.9 Å². The van der Waals surface area contributed by atoms with Crippen LogP contribution in [0.2, 0.25) is 5.02 Å². The summed E-state index contributed by atoms with van der Waals surface area (Å²) in [4.78, 5) is 19.5. The van der Waals surface area contributed by atoms with Gasteiger partial charge in [0.2, 0.25) is 0 Å². The molecule has 0 saturated heterocycles. The van der Waals surface area contributed by atoms with Crippen molar-refractivity contribution >= 4 is 44.5 Å². The van der Waals surface area contributed by atoms with Gasteiger partial charge < -0.3 is 15.0 Å². The highest BCUT2D eigenvalue weighted by molar-refractivity contribution is 9.10. The van der Waals surface area contributed by atoms with Crippen molar-refractivity contribution in [3.05, 3.63) is 57.8 Å². The fourth-order valence-corrected chi connectivity index (χ4v) is 2.63. The third-order valence-electron chi connectivity index (χ3n) is 3.38. The summed E-state index contributed by atoms with van der Waals surface area (Å²) < 4.78 is 6.20. The molecule has 1 amide bonds. The van der Waals surface area contributed by atoms with E-state index in [2.05, 4.69) is 31.2 Å². The molecule has 0 fully saturated rings. The minimum atomic E-state index is -0.190. The number of carbonyl (C=O) groups excluding carboxylic acids is 1. The molecule has 5 nitrogen and oxygen atoms in total. The number of hydrogen-bond acceptors (Lipinski definition) is 3. The van der Waals surface area contributed by atoms with Gasteiger partial charge in [0.15, 0.2) is 6.61 Å². The summed E-state index contributed by atoms with van der Waals surface area (Å²) in [5.74, 6) is 1.21. The number of para-hydroxylation sites is 2. The smallest absolute Gasteiger partial charge is 0.257 e. The first-order valence-corrected chi connectivity index (χ1v) is 8.57. The molecule has 2 N–H and O–H groups in total. The van der Waals surface area contributed by atoms with Gasteiger partial charge in [-0.1, -0.05) is 23.7 Å². The molecule has 3 rings (SSSR count). The van der Waals surface area contributed by atoms with Crippen LogP contribution in [0.5, 0.6) is 5.75 Å². The van der Waals surface area contributed by atoms with Gasteiger partial charge >= 0.3 is 0 Å². The first-order chi connectivity index (χ1) is 11.6. The zero-order chi connectivity index (χ0) is 16.9. The number of ether oxygens (including phenoxy) is 1. The van der Waals surface area contributed by atoms with Crippen molar-refractivity contribution in [2.75, 3.05) is 13.2 Å². The van der Waals surface area contributed by atoms with Crippen molar-refractivity contribution in [3.63, 3.8) is 0 Å². The Kier molecular flexibility index (Phi) is 5.37. The second-order valence-corrected chi connectivity index (χ2v) is 6.43. The number of benzene rings is 2. The van der Waals surface area contributed by atoms with E-state index in [9.17, 15) is 4.79 Å². The lowest BCUT2D eigenvalue weighted by molar-refractivity contribution is -0.123. The Hall–Kier alpha value is -2.05. The van der Waals surface area contributed by atoms with Gasteiger partial charge in [-0.25, -0.2) is 4.98 Å². The number of imidazole rings is 1. The van der Waals surface area contributed by atoms with Crippen LogP contribution in [0.4, 0.5) is 0 Å². The normalized spacial score (nSPS) is 10.8. The first-order valence-electron chi connectivity index (χ1n) is 7.40. The van der Waals surface area contributed by atoms with E-state index in [-0.39, 0.29) is 12.5 Å². The Morgan fingerprint density at radius 2 is 2.12 bits per heavy atom. The summed E-state index contributed by atoms with van der Waals surface area (Å²) in [7, 11) is 0. The molecule has 0 bridgehead atoms. The van der Waals surface area contributed by atoms with Crippen molar-refractivity contribution in [3.8, 4) is 5.75 Å². The molecule has 24 heavy (non-hydrogen) atoms. The SMILES string of the molecule is O=C(COc1ccc(Br)c(Cl)c1)NCCc1nc2ccccc2[nH]1. The standard InChI is InChI=1S/C17H15BrClN3O2/c18-12-6-5-11(9-13(12)19)24-10-17(23)20-8-7-16-21-14-3-1-2-4-15(14)22-16/h1-6,9H,7-8,10H2,(H,20,23)(H,21,22). The zero-order valence-electron chi connectivity index (χ0n) is 12.7. The number of amides is 1. The molecular formula is C17H15BrClN3O2. The molecule has 2 aromatic carbocycles. The fourth-order valence-electron chi connectivity index (χ4n) is 2.21. The van der Waals surface area contributed by atoms with E-state index in [1.54, 1.807) is 18.2 Å². The van der Waals surface area contributed by atoms with Crippen LogP contribution in [0.1, 0.15) is 5.82 Å². The van der Waals surface area contributed by atoms with Gasteiger partial charge in [0, 0.05) is 17.4 Å². The Bertz CT molecular complexity index is 833. The third kappa shape index (κ3) is 4.27. The third-order valence-corrected chi connectivity index (χ3v) is 4.62. The minimum Gasteiger partial charge on any atom is -0.484 e. The zero-order valence-corrected chi connectivity index (χ0v) is 15.0. The summed E-state index contributed by atoms with van der Waals surface area (Å²) in [5.41, 5.74) is 1.92. The van der Waals surface area contributed by atoms with Crippen LogP contribution < -0.4 is 10.1 Å². The number of nitrogens with zero attached hydrogens (tertiary/aromatic N) is 1. The number of hydrogen-bond donors (Lipinski definition) is 2. The van der Waals surface area contributed by atoms with E-state index in [0.717, 1.165) is 21.3 Å². The molecule has 0 aliphatic rings. The quantitative estimate of drug-likeness (QED) is 0.653. The van der Waals surface area contributed by atoms with E-state index in [1.165, 1.54) is 0 Å². The molecule has 0 saturated carbocycles. The molecular weight excluding hydrogens is 394 g/mol. The summed E-state index contributed by atoms with van der Waals surface area (Å²) >= 11 is 9.28. The van der Waals surface area contributed by atoms with E-state index < -0.39 is 0 Å². The predicted octanol–water partition coefficient (Wildman–Crippen LogP) is 3.72. The van der Waals surface area contributed by atoms with Gasteiger partial charge in [-0.3, -0.25) is 4.79 Å². The number of carbonyl (C=O) groups is 1. The van der Waals surface area contributed by atoms with Crippen LogP contribution >= 0.6 is 27.5 Å². The number of aromatic amines is 1. The number of aromatic nitrogens is 2. The van der Waals surface area contributed by atoms with Crippen LogP contribution in [0.25, 0.3) is 11.0 Å². The van der Waals surface area contributed by atoms with Gasteiger partial charge in [0.05, 0.1) is 16.1 Å². The van der Waals surface area contributed by atoms with Crippen LogP contribution in [-0.4, -0.2) is 29.0 Å². The largest absolute Gasteiger partial charge is 0.484 e. The Balaban J connectivity index is 1.44. The number of rotatable bonds is 6. The van der Waals surface area contributed by atoms with Crippen LogP contribution in [0, 0.1) is 0 Å². The Morgan fingerprint density at radius 1 is 1.29 bits per heavy atom. The number of halogens is 2. The van der Waals surface area contributed by atoms with Crippen molar-refractivity contribution in [2.24, 2.45) is 0 Å². The molecule has 124 valence electrons. The predicted molar refractivity (Wildman–Crippen MR) is 97.5 cm³/mol. The maximum absolute atomic E-state index is 11.8. The van der Waals surface area contributed by atoms with E-state index in [4.69, 9.17) is 16.3 Å². The fraction of sp³-hybridized carbons (Fsp3) is 0.176. The molecule has 0 unspecified atom stereocenters. The topological polar surface area (TPSA) is 67.0 Å². The molecule has 0 spiro atoms. The van der Waals surface area contributed by atoms with Crippen LogP contribution in [0.3, 0.4) is 0 Å².